The van der Waals surface area contributed by atoms with Gasteiger partial charge in [-0.1, -0.05) is 6.07 Å². The number of hydrogen-bond acceptors (Lipinski definition) is 6. The van der Waals surface area contributed by atoms with Gasteiger partial charge in [0.1, 0.15) is 11.5 Å². The van der Waals surface area contributed by atoms with E-state index in [0.717, 1.165) is 12.1 Å². The fraction of sp³-hybridized carbons (Fsp3) is 0.533. The van der Waals surface area contributed by atoms with E-state index in [1.165, 1.54) is 0 Å². The third-order valence-electron chi connectivity index (χ3n) is 3.23. The number of esters is 1. The zero-order chi connectivity index (χ0) is 15.1. The van der Waals surface area contributed by atoms with Gasteiger partial charge in [0.2, 0.25) is 0 Å². The smallest absolute Gasteiger partial charge is 0.347 e. The molecular formula is C15H21NO5. The lowest BCUT2D eigenvalue weighted by atomic mass is 10.1. The van der Waals surface area contributed by atoms with E-state index >= 15 is 0 Å². The number of benzene rings is 1. The minimum Gasteiger partial charge on any atom is -0.497 e. The Morgan fingerprint density at radius 2 is 2.24 bits per heavy atom. The molecule has 6 heteroatoms. The summed E-state index contributed by atoms with van der Waals surface area (Å²) in [4.78, 5) is 11.5. The Balaban J connectivity index is 2.05. The summed E-state index contributed by atoms with van der Waals surface area (Å²) in [6, 6.07) is 5.58. The fourth-order valence-electron chi connectivity index (χ4n) is 2.05. The van der Waals surface area contributed by atoms with E-state index in [-0.39, 0.29) is 5.97 Å². The van der Waals surface area contributed by atoms with Gasteiger partial charge >= 0.3 is 5.97 Å². The number of nitrogens with one attached hydrogen (secondary N) is 1. The van der Waals surface area contributed by atoms with E-state index in [1.54, 1.807) is 20.3 Å². The molecule has 6 nitrogen and oxygen atoms in total. The predicted octanol–water partition coefficient (Wildman–Crippen LogP) is 1.13. The first-order valence-corrected chi connectivity index (χ1v) is 6.94. The molecule has 0 bridgehead atoms. The average molecular weight is 295 g/mol. The zero-order valence-corrected chi connectivity index (χ0v) is 12.4. The topological polar surface area (TPSA) is 66.0 Å². The molecule has 1 aliphatic heterocycles. The summed E-state index contributed by atoms with van der Waals surface area (Å²) in [6.07, 6.45) is 0.0434. The minimum absolute atomic E-state index is 0.309. The zero-order valence-electron chi connectivity index (χ0n) is 12.4. The monoisotopic (exact) mass is 295 g/mol. The lowest BCUT2D eigenvalue weighted by Crippen LogP contribution is -2.24. The predicted molar refractivity (Wildman–Crippen MR) is 76.6 cm³/mol. The maximum Gasteiger partial charge on any atom is 0.347 e. The molecule has 1 fully saturated rings. The summed E-state index contributed by atoms with van der Waals surface area (Å²) >= 11 is 0. The SMILES string of the molecule is COCCNCc1ccc(OC)cc1OC1CCOC1=O. The van der Waals surface area contributed by atoms with Gasteiger partial charge in [-0.3, -0.25) is 0 Å². The third-order valence-corrected chi connectivity index (χ3v) is 3.23. The van der Waals surface area contributed by atoms with Crippen LogP contribution in [0, 0.1) is 0 Å². The largest absolute Gasteiger partial charge is 0.497 e. The molecule has 1 atom stereocenters. The Morgan fingerprint density at radius 1 is 1.38 bits per heavy atom. The number of cyclic esters (lactones) is 1. The van der Waals surface area contributed by atoms with Crippen molar-refractivity contribution >= 4 is 5.97 Å². The van der Waals surface area contributed by atoms with Gasteiger partial charge in [0, 0.05) is 38.2 Å². The molecule has 0 spiro atoms. The number of hydrogen-bond donors (Lipinski definition) is 1. The second kappa shape index (κ2) is 7.85. The number of methoxy groups -OCH3 is 2. The van der Waals surface area contributed by atoms with Gasteiger partial charge in [0.15, 0.2) is 6.10 Å². The Hall–Kier alpha value is -1.79. The first-order chi connectivity index (χ1) is 10.2. The van der Waals surface area contributed by atoms with Crippen LogP contribution in [0.2, 0.25) is 0 Å². The highest BCUT2D eigenvalue weighted by Crippen LogP contribution is 2.27. The molecule has 1 aromatic rings. The second-order valence-electron chi connectivity index (χ2n) is 4.71. The van der Waals surface area contributed by atoms with Gasteiger partial charge in [-0.25, -0.2) is 4.79 Å². The molecule has 1 heterocycles. The van der Waals surface area contributed by atoms with Crippen molar-refractivity contribution < 1.29 is 23.7 Å². The van der Waals surface area contributed by atoms with Gasteiger partial charge < -0.3 is 24.3 Å². The second-order valence-corrected chi connectivity index (χ2v) is 4.71. The van der Waals surface area contributed by atoms with Crippen LogP contribution in [-0.4, -0.2) is 46.1 Å². The summed E-state index contributed by atoms with van der Waals surface area (Å²) in [5, 5.41) is 3.25. The number of carbonyl (C=O) groups is 1. The third kappa shape index (κ3) is 4.34. The summed E-state index contributed by atoms with van der Waals surface area (Å²) in [6.45, 7) is 2.42. The number of carbonyl (C=O) groups excluding carboxylic acids is 1. The molecule has 1 N–H and O–H groups in total. The standard InChI is InChI=1S/C15H21NO5/c1-18-8-6-16-10-11-3-4-12(19-2)9-14(11)21-13-5-7-20-15(13)17/h3-4,9,13,16H,5-8,10H2,1-2H3. The van der Waals surface area contributed by atoms with Crippen LogP contribution in [0.4, 0.5) is 0 Å². The van der Waals surface area contributed by atoms with Crippen LogP contribution in [0.15, 0.2) is 18.2 Å². The number of rotatable bonds is 8. The minimum atomic E-state index is -0.533. The van der Waals surface area contributed by atoms with E-state index in [1.807, 2.05) is 12.1 Å². The molecule has 0 aromatic heterocycles. The Morgan fingerprint density at radius 3 is 2.90 bits per heavy atom. The highest BCUT2D eigenvalue weighted by Gasteiger charge is 2.29. The Bertz CT molecular complexity index is 477. The average Bonchev–Trinajstić information content (AvgIpc) is 2.90. The molecule has 0 saturated carbocycles. The van der Waals surface area contributed by atoms with Crippen molar-refractivity contribution in [2.75, 3.05) is 34.0 Å². The molecule has 0 amide bonds. The highest BCUT2D eigenvalue weighted by atomic mass is 16.6. The van der Waals surface area contributed by atoms with Gasteiger partial charge in [-0.15, -0.1) is 0 Å². The molecular weight excluding hydrogens is 274 g/mol. The van der Waals surface area contributed by atoms with E-state index in [4.69, 9.17) is 18.9 Å². The molecule has 116 valence electrons. The lowest BCUT2D eigenvalue weighted by Gasteiger charge is -2.16. The lowest BCUT2D eigenvalue weighted by molar-refractivity contribution is -0.143. The van der Waals surface area contributed by atoms with Crippen LogP contribution >= 0.6 is 0 Å². The maximum absolute atomic E-state index is 11.5. The summed E-state index contributed by atoms with van der Waals surface area (Å²) < 4.78 is 20.9. The fourth-order valence-corrected chi connectivity index (χ4v) is 2.05. The molecule has 21 heavy (non-hydrogen) atoms. The number of ether oxygens (including phenoxy) is 4. The van der Waals surface area contributed by atoms with Crippen LogP contribution in [-0.2, 0) is 20.8 Å². The van der Waals surface area contributed by atoms with Crippen LogP contribution in [0.3, 0.4) is 0 Å². The van der Waals surface area contributed by atoms with Crippen molar-refractivity contribution in [2.24, 2.45) is 0 Å². The van der Waals surface area contributed by atoms with Crippen LogP contribution < -0.4 is 14.8 Å². The van der Waals surface area contributed by atoms with Crippen molar-refractivity contribution in [1.29, 1.82) is 0 Å². The summed E-state index contributed by atoms with van der Waals surface area (Å²) in [5.41, 5.74) is 0.964. The molecule has 0 aliphatic carbocycles. The molecule has 1 aliphatic rings. The normalized spacial score (nSPS) is 17.6. The van der Waals surface area contributed by atoms with Crippen molar-refractivity contribution in [3.63, 3.8) is 0 Å². The van der Waals surface area contributed by atoms with Crippen LogP contribution in [0.1, 0.15) is 12.0 Å². The van der Waals surface area contributed by atoms with E-state index in [0.29, 0.717) is 37.7 Å². The molecule has 1 unspecified atom stereocenters. The van der Waals surface area contributed by atoms with E-state index < -0.39 is 6.10 Å². The van der Waals surface area contributed by atoms with Gasteiger partial charge in [-0.05, 0) is 6.07 Å². The van der Waals surface area contributed by atoms with Crippen molar-refractivity contribution in [2.45, 2.75) is 19.1 Å². The Kier molecular flexibility index (Phi) is 5.83. The molecule has 1 saturated heterocycles. The molecule has 2 rings (SSSR count). The molecule has 1 aromatic carbocycles. The van der Waals surface area contributed by atoms with Gasteiger partial charge in [0.25, 0.3) is 0 Å². The van der Waals surface area contributed by atoms with Crippen LogP contribution in [0.5, 0.6) is 11.5 Å². The first-order valence-electron chi connectivity index (χ1n) is 6.94. The van der Waals surface area contributed by atoms with Crippen molar-refractivity contribution in [3.8, 4) is 11.5 Å². The first kappa shape index (κ1) is 15.6. The van der Waals surface area contributed by atoms with E-state index in [2.05, 4.69) is 5.32 Å². The summed E-state index contributed by atoms with van der Waals surface area (Å²) in [7, 11) is 3.26. The van der Waals surface area contributed by atoms with Crippen molar-refractivity contribution in [1.82, 2.24) is 5.32 Å². The maximum atomic E-state index is 11.5. The highest BCUT2D eigenvalue weighted by molar-refractivity contribution is 5.76. The van der Waals surface area contributed by atoms with Gasteiger partial charge in [-0.2, -0.15) is 0 Å². The Labute approximate surface area is 124 Å². The van der Waals surface area contributed by atoms with Crippen LogP contribution in [0.25, 0.3) is 0 Å². The molecule has 0 radical (unpaired) electrons. The van der Waals surface area contributed by atoms with Gasteiger partial charge in [0.05, 0.1) is 20.3 Å². The quantitative estimate of drug-likeness (QED) is 0.573. The van der Waals surface area contributed by atoms with Crippen molar-refractivity contribution in [3.05, 3.63) is 23.8 Å². The summed E-state index contributed by atoms with van der Waals surface area (Å²) in [5.74, 6) is 1.02. The van der Waals surface area contributed by atoms with E-state index in [9.17, 15) is 4.79 Å².